The van der Waals surface area contributed by atoms with Gasteiger partial charge in [-0.1, -0.05) is 6.92 Å². The third-order valence-corrected chi connectivity index (χ3v) is 2.38. The average Bonchev–Trinajstić information content (AvgIpc) is 2.11. The standard InChI is InChI=1S/C8H10N2O5/c1-2-8(3-4(11)12)5(13)9-7(15)10-6(8)14/h2-3H2,1H3,(H,11,12)(H2,9,10,13,14,15). The zero-order chi connectivity index (χ0) is 11.6. The van der Waals surface area contributed by atoms with Gasteiger partial charge in [-0.3, -0.25) is 25.0 Å². The maximum Gasteiger partial charge on any atom is 0.328 e. The van der Waals surface area contributed by atoms with E-state index in [0.717, 1.165) is 0 Å². The lowest BCUT2D eigenvalue weighted by atomic mass is 9.78. The molecule has 0 aromatic rings. The molecule has 15 heavy (non-hydrogen) atoms. The van der Waals surface area contributed by atoms with Gasteiger partial charge in [0.25, 0.3) is 0 Å². The zero-order valence-electron chi connectivity index (χ0n) is 7.99. The van der Waals surface area contributed by atoms with Gasteiger partial charge in [0, 0.05) is 0 Å². The van der Waals surface area contributed by atoms with E-state index in [1.807, 2.05) is 10.6 Å². The first-order valence-corrected chi connectivity index (χ1v) is 4.31. The minimum Gasteiger partial charge on any atom is -0.481 e. The summed E-state index contributed by atoms with van der Waals surface area (Å²) in [5.41, 5.74) is -1.68. The minimum atomic E-state index is -1.68. The quantitative estimate of drug-likeness (QED) is 0.533. The predicted molar refractivity (Wildman–Crippen MR) is 46.7 cm³/mol. The van der Waals surface area contributed by atoms with Gasteiger partial charge in [0.05, 0.1) is 6.42 Å². The lowest BCUT2D eigenvalue weighted by Crippen LogP contribution is -2.62. The number of carbonyl (C=O) groups excluding carboxylic acids is 3. The van der Waals surface area contributed by atoms with Crippen molar-refractivity contribution in [2.45, 2.75) is 19.8 Å². The molecule has 0 saturated carbocycles. The maximum absolute atomic E-state index is 11.4. The summed E-state index contributed by atoms with van der Waals surface area (Å²) in [7, 11) is 0. The van der Waals surface area contributed by atoms with E-state index in [1.165, 1.54) is 6.92 Å². The number of carbonyl (C=O) groups is 4. The second-order valence-electron chi connectivity index (χ2n) is 3.24. The third-order valence-electron chi connectivity index (χ3n) is 2.38. The van der Waals surface area contributed by atoms with Gasteiger partial charge >= 0.3 is 12.0 Å². The Kier molecular flexibility index (Phi) is 2.74. The third kappa shape index (κ3) is 1.80. The molecule has 1 aliphatic heterocycles. The van der Waals surface area contributed by atoms with E-state index in [4.69, 9.17) is 5.11 Å². The summed E-state index contributed by atoms with van der Waals surface area (Å²) in [6.45, 7) is 1.51. The highest BCUT2D eigenvalue weighted by Gasteiger charge is 2.50. The number of amides is 4. The van der Waals surface area contributed by atoms with E-state index in [2.05, 4.69) is 0 Å². The molecule has 0 unspecified atom stereocenters. The highest BCUT2D eigenvalue weighted by atomic mass is 16.4. The first-order valence-electron chi connectivity index (χ1n) is 4.31. The van der Waals surface area contributed by atoms with Crippen molar-refractivity contribution in [3.63, 3.8) is 0 Å². The Morgan fingerprint density at radius 2 is 1.73 bits per heavy atom. The summed E-state index contributed by atoms with van der Waals surface area (Å²) < 4.78 is 0. The number of hydrogen-bond acceptors (Lipinski definition) is 4. The highest BCUT2D eigenvalue weighted by molar-refractivity contribution is 6.20. The summed E-state index contributed by atoms with van der Waals surface area (Å²) in [6, 6.07) is -0.917. The Labute approximate surface area is 84.8 Å². The number of barbiturate groups is 1. The molecule has 82 valence electrons. The van der Waals surface area contributed by atoms with Crippen LogP contribution in [-0.2, 0) is 14.4 Å². The fraction of sp³-hybridized carbons (Fsp3) is 0.500. The van der Waals surface area contributed by atoms with Crippen LogP contribution in [-0.4, -0.2) is 28.9 Å². The smallest absolute Gasteiger partial charge is 0.328 e. The molecule has 0 atom stereocenters. The molecular weight excluding hydrogens is 204 g/mol. The number of nitrogens with one attached hydrogen (secondary N) is 2. The van der Waals surface area contributed by atoms with E-state index < -0.39 is 35.7 Å². The van der Waals surface area contributed by atoms with Gasteiger partial charge in [-0.15, -0.1) is 0 Å². The Bertz CT molecular complexity index is 329. The zero-order valence-corrected chi connectivity index (χ0v) is 7.99. The molecule has 1 rings (SSSR count). The van der Waals surface area contributed by atoms with E-state index >= 15 is 0 Å². The molecule has 7 nitrogen and oxygen atoms in total. The van der Waals surface area contributed by atoms with Crippen molar-refractivity contribution in [3.8, 4) is 0 Å². The molecule has 0 aliphatic carbocycles. The number of rotatable bonds is 3. The van der Waals surface area contributed by atoms with Crippen molar-refractivity contribution in [1.82, 2.24) is 10.6 Å². The summed E-state index contributed by atoms with van der Waals surface area (Å²) >= 11 is 0. The Hall–Kier alpha value is -1.92. The molecule has 0 radical (unpaired) electrons. The molecule has 1 saturated heterocycles. The fourth-order valence-electron chi connectivity index (χ4n) is 1.44. The average molecular weight is 214 g/mol. The van der Waals surface area contributed by atoms with E-state index in [1.54, 1.807) is 0 Å². The van der Waals surface area contributed by atoms with Gasteiger partial charge in [0.2, 0.25) is 11.8 Å². The fourth-order valence-corrected chi connectivity index (χ4v) is 1.44. The Balaban J connectivity index is 3.05. The maximum atomic E-state index is 11.4. The van der Waals surface area contributed by atoms with Gasteiger partial charge in [0.1, 0.15) is 5.41 Å². The Morgan fingerprint density at radius 3 is 2.07 bits per heavy atom. The molecule has 1 heterocycles. The van der Waals surface area contributed by atoms with Crippen LogP contribution in [0, 0.1) is 5.41 Å². The van der Waals surface area contributed by atoms with Crippen LogP contribution in [0.4, 0.5) is 4.79 Å². The predicted octanol–water partition coefficient (Wildman–Crippen LogP) is -0.776. The van der Waals surface area contributed by atoms with Crippen molar-refractivity contribution in [2.75, 3.05) is 0 Å². The molecule has 0 spiro atoms. The Morgan fingerprint density at radius 1 is 1.27 bits per heavy atom. The van der Waals surface area contributed by atoms with Crippen LogP contribution in [0.25, 0.3) is 0 Å². The monoisotopic (exact) mass is 214 g/mol. The lowest BCUT2D eigenvalue weighted by molar-refractivity contribution is -0.153. The molecule has 3 N–H and O–H groups in total. The number of carboxylic acid groups (broad SMARTS) is 1. The van der Waals surface area contributed by atoms with Crippen molar-refractivity contribution in [2.24, 2.45) is 5.41 Å². The van der Waals surface area contributed by atoms with Crippen LogP contribution in [0.5, 0.6) is 0 Å². The second kappa shape index (κ2) is 3.68. The number of imide groups is 2. The first kappa shape index (κ1) is 11.2. The van der Waals surface area contributed by atoms with Gasteiger partial charge in [-0.25, -0.2) is 4.79 Å². The van der Waals surface area contributed by atoms with Crippen LogP contribution < -0.4 is 10.6 Å². The van der Waals surface area contributed by atoms with Crippen molar-refractivity contribution in [1.29, 1.82) is 0 Å². The summed E-state index contributed by atoms with van der Waals surface area (Å²) in [5, 5.41) is 12.4. The van der Waals surface area contributed by atoms with Gasteiger partial charge in [0.15, 0.2) is 0 Å². The van der Waals surface area contributed by atoms with Crippen molar-refractivity contribution >= 4 is 23.8 Å². The van der Waals surface area contributed by atoms with Crippen molar-refractivity contribution < 1.29 is 24.3 Å². The number of carboxylic acids is 1. The van der Waals surface area contributed by atoms with Crippen LogP contribution >= 0.6 is 0 Å². The molecule has 1 fully saturated rings. The molecule has 0 bridgehead atoms. The van der Waals surface area contributed by atoms with Crippen LogP contribution in [0.15, 0.2) is 0 Å². The normalized spacial score (nSPS) is 19.4. The van der Waals surface area contributed by atoms with Gasteiger partial charge < -0.3 is 5.11 Å². The SMILES string of the molecule is CCC1(CC(=O)O)C(=O)NC(=O)NC1=O. The van der Waals surface area contributed by atoms with Gasteiger partial charge in [-0.2, -0.15) is 0 Å². The second-order valence-corrected chi connectivity index (χ2v) is 3.24. The number of hydrogen-bond donors (Lipinski definition) is 3. The summed E-state index contributed by atoms with van der Waals surface area (Å²) in [6.07, 6.45) is -0.612. The van der Waals surface area contributed by atoms with E-state index in [9.17, 15) is 19.2 Å². The topological polar surface area (TPSA) is 113 Å². The van der Waals surface area contributed by atoms with Crippen LogP contribution in [0.3, 0.4) is 0 Å². The molecule has 7 heteroatoms. The lowest BCUT2D eigenvalue weighted by Gasteiger charge is -2.31. The first-order chi connectivity index (χ1) is 6.92. The summed E-state index contributed by atoms with van der Waals surface area (Å²) in [5.74, 6) is -2.99. The molecule has 4 amide bonds. The minimum absolute atomic E-state index is 0.0181. The van der Waals surface area contributed by atoms with Crippen molar-refractivity contribution in [3.05, 3.63) is 0 Å². The molecule has 0 aromatic carbocycles. The highest BCUT2D eigenvalue weighted by Crippen LogP contribution is 2.29. The number of urea groups is 1. The van der Waals surface area contributed by atoms with E-state index in [-0.39, 0.29) is 6.42 Å². The molecule has 0 aromatic heterocycles. The molecular formula is C8H10N2O5. The van der Waals surface area contributed by atoms with Gasteiger partial charge in [-0.05, 0) is 6.42 Å². The van der Waals surface area contributed by atoms with E-state index in [0.29, 0.717) is 0 Å². The van der Waals surface area contributed by atoms with Crippen LogP contribution in [0.2, 0.25) is 0 Å². The largest absolute Gasteiger partial charge is 0.481 e. The number of aliphatic carboxylic acids is 1. The van der Waals surface area contributed by atoms with Crippen LogP contribution in [0.1, 0.15) is 19.8 Å². The molecule has 1 aliphatic rings. The summed E-state index contributed by atoms with van der Waals surface area (Å²) in [4.78, 5) is 44.2.